The van der Waals surface area contributed by atoms with Crippen molar-refractivity contribution in [1.29, 1.82) is 0 Å². The Labute approximate surface area is 222 Å². The van der Waals surface area contributed by atoms with Crippen LogP contribution in [0.4, 0.5) is 0 Å². The van der Waals surface area contributed by atoms with Gasteiger partial charge in [0.1, 0.15) is 0 Å². The number of cyclic esters (lactones) is 1. The van der Waals surface area contributed by atoms with Crippen molar-refractivity contribution >= 4 is 24.7 Å². The number of hydrogen-bond donors (Lipinski definition) is 0. The number of rotatable bonds is 13. The lowest BCUT2D eigenvalue weighted by molar-refractivity contribution is -0.143. The Balaban J connectivity index is 1.89. The average molecular weight is 525 g/mol. The third kappa shape index (κ3) is 6.99. The van der Waals surface area contributed by atoms with Crippen LogP contribution in [0.5, 0.6) is 0 Å². The molecule has 1 fully saturated rings. The van der Waals surface area contributed by atoms with Crippen LogP contribution in [-0.4, -0.2) is 54.6 Å². The SMILES string of the molecule is C=C[C@H](CO[Si](c1ccccc1)(c1ccccc1)C(C)(C)C)[C@H]1CCOC(=O)/C1=C\OCOCCOC. The van der Waals surface area contributed by atoms with Crippen molar-refractivity contribution in [1.82, 2.24) is 0 Å². The zero-order valence-electron chi connectivity index (χ0n) is 22.5. The highest BCUT2D eigenvalue weighted by molar-refractivity contribution is 6.99. The summed E-state index contributed by atoms with van der Waals surface area (Å²) in [6.45, 7) is 12.6. The van der Waals surface area contributed by atoms with Gasteiger partial charge in [-0.05, 0) is 21.8 Å². The molecule has 1 heterocycles. The zero-order valence-corrected chi connectivity index (χ0v) is 23.5. The Morgan fingerprint density at radius 3 is 2.22 bits per heavy atom. The number of ether oxygens (including phenoxy) is 4. The van der Waals surface area contributed by atoms with Gasteiger partial charge in [-0.25, -0.2) is 4.79 Å². The van der Waals surface area contributed by atoms with Crippen LogP contribution in [-0.2, 0) is 28.2 Å². The lowest BCUT2D eigenvalue weighted by Gasteiger charge is -2.44. The minimum Gasteiger partial charge on any atom is -0.475 e. The largest absolute Gasteiger partial charge is 0.475 e. The van der Waals surface area contributed by atoms with E-state index in [1.807, 2.05) is 18.2 Å². The quantitative estimate of drug-likeness (QED) is 0.0734. The van der Waals surface area contributed by atoms with E-state index in [-0.39, 0.29) is 29.6 Å². The summed E-state index contributed by atoms with van der Waals surface area (Å²) in [6, 6.07) is 21.1. The number of carbonyl (C=O) groups excluding carboxylic acids is 1. The van der Waals surface area contributed by atoms with Gasteiger partial charge in [-0.15, -0.1) is 6.58 Å². The van der Waals surface area contributed by atoms with Crippen LogP contribution in [0, 0.1) is 11.8 Å². The van der Waals surface area contributed by atoms with E-state index in [0.29, 0.717) is 38.4 Å². The van der Waals surface area contributed by atoms with Crippen molar-refractivity contribution in [2.45, 2.75) is 32.2 Å². The second-order valence-corrected chi connectivity index (χ2v) is 14.5. The predicted octanol–water partition coefficient (Wildman–Crippen LogP) is 4.45. The maximum atomic E-state index is 12.7. The molecule has 200 valence electrons. The predicted molar refractivity (Wildman–Crippen MR) is 148 cm³/mol. The topological polar surface area (TPSA) is 63.2 Å². The molecule has 0 saturated carbocycles. The number of carbonyl (C=O) groups is 1. The zero-order chi connectivity index (χ0) is 26.7. The van der Waals surface area contributed by atoms with Gasteiger partial charge >= 0.3 is 5.97 Å². The number of methoxy groups -OCH3 is 1. The first kappa shape index (κ1) is 28.9. The van der Waals surface area contributed by atoms with Crippen molar-refractivity contribution in [3.63, 3.8) is 0 Å². The number of benzene rings is 2. The van der Waals surface area contributed by atoms with Gasteiger partial charge in [0, 0.05) is 25.6 Å². The van der Waals surface area contributed by atoms with Crippen molar-refractivity contribution in [3.8, 4) is 0 Å². The van der Waals surface area contributed by atoms with Gasteiger partial charge in [0.2, 0.25) is 0 Å². The highest BCUT2D eigenvalue weighted by Crippen LogP contribution is 2.38. The third-order valence-electron chi connectivity index (χ3n) is 6.82. The molecular weight excluding hydrogens is 484 g/mol. The molecule has 1 aliphatic heterocycles. The van der Waals surface area contributed by atoms with E-state index in [9.17, 15) is 4.79 Å². The second-order valence-electron chi connectivity index (χ2n) is 10.2. The molecule has 0 spiro atoms. The van der Waals surface area contributed by atoms with Gasteiger partial charge in [0.15, 0.2) is 6.79 Å². The third-order valence-corrected chi connectivity index (χ3v) is 11.8. The summed E-state index contributed by atoms with van der Waals surface area (Å²) in [5.74, 6) is -0.597. The van der Waals surface area contributed by atoms with Crippen LogP contribution < -0.4 is 10.4 Å². The fraction of sp³-hybridized carbons (Fsp3) is 0.433. The highest BCUT2D eigenvalue weighted by Gasteiger charge is 2.50. The van der Waals surface area contributed by atoms with Crippen molar-refractivity contribution in [3.05, 3.63) is 85.2 Å². The standard InChI is InChI=1S/C30H40O6Si/c1-6-24(27-17-18-35-29(31)28(27)22-34-23-33-20-19-32-5)21-36-37(30(2,3)4,25-13-9-7-10-14-25)26-15-11-8-12-16-26/h6-16,22,24,27H,1,17-21,23H2,2-5H3/b28-22-/t24-,27-/m1/s1. The van der Waals surface area contributed by atoms with Gasteiger partial charge < -0.3 is 23.4 Å². The summed E-state index contributed by atoms with van der Waals surface area (Å²) in [4.78, 5) is 12.7. The van der Waals surface area contributed by atoms with E-state index < -0.39 is 8.32 Å². The smallest absolute Gasteiger partial charge is 0.337 e. The minimum absolute atomic E-state index is 0.0319. The van der Waals surface area contributed by atoms with Gasteiger partial charge in [-0.2, -0.15) is 0 Å². The number of hydrogen-bond acceptors (Lipinski definition) is 6. The lowest BCUT2D eigenvalue weighted by Crippen LogP contribution is -2.67. The molecule has 6 nitrogen and oxygen atoms in total. The molecule has 1 aliphatic rings. The summed E-state index contributed by atoms with van der Waals surface area (Å²) in [5.41, 5.74) is 0.484. The fourth-order valence-corrected chi connectivity index (χ4v) is 9.55. The molecule has 0 radical (unpaired) electrons. The molecule has 0 N–H and O–H groups in total. The molecule has 3 rings (SSSR count). The summed E-state index contributed by atoms with van der Waals surface area (Å²) < 4.78 is 28.4. The monoisotopic (exact) mass is 524 g/mol. The van der Waals surface area contributed by atoms with E-state index in [2.05, 4.69) is 75.9 Å². The summed E-state index contributed by atoms with van der Waals surface area (Å²) >= 11 is 0. The first-order valence-electron chi connectivity index (χ1n) is 12.8. The van der Waals surface area contributed by atoms with Crippen LogP contribution >= 0.6 is 0 Å². The number of esters is 1. The van der Waals surface area contributed by atoms with Crippen LogP contribution in [0.25, 0.3) is 0 Å². The molecule has 0 amide bonds. The Bertz CT molecular complexity index is 976. The van der Waals surface area contributed by atoms with Gasteiger partial charge in [-0.3, -0.25) is 0 Å². The van der Waals surface area contributed by atoms with E-state index in [0.717, 1.165) is 0 Å². The summed E-state index contributed by atoms with van der Waals surface area (Å²) in [6.07, 6.45) is 4.04. The first-order valence-corrected chi connectivity index (χ1v) is 14.7. The molecular formula is C30H40O6Si. The van der Waals surface area contributed by atoms with Crippen LogP contribution in [0.2, 0.25) is 5.04 Å². The normalized spacial score (nSPS) is 18.3. The summed E-state index contributed by atoms with van der Waals surface area (Å²) in [5, 5.41) is 2.28. The van der Waals surface area contributed by atoms with Crippen LogP contribution in [0.1, 0.15) is 27.2 Å². The van der Waals surface area contributed by atoms with E-state index in [4.69, 9.17) is 23.4 Å². The molecule has 2 aromatic rings. The molecule has 37 heavy (non-hydrogen) atoms. The molecule has 2 atom stereocenters. The highest BCUT2D eigenvalue weighted by atomic mass is 28.4. The van der Waals surface area contributed by atoms with Crippen molar-refractivity contribution < 1.29 is 28.2 Å². The Kier molecular flexibility index (Phi) is 10.7. The molecule has 0 aliphatic carbocycles. The van der Waals surface area contributed by atoms with Crippen molar-refractivity contribution in [2.75, 3.05) is 40.3 Å². The van der Waals surface area contributed by atoms with E-state index in [1.54, 1.807) is 7.11 Å². The molecule has 0 aromatic heterocycles. The maximum Gasteiger partial charge on any atom is 0.337 e. The van der Waals surface area contributed by atoms with Crippen LogP contribution in [0.15, 0.2) is 85.2 Å². The van der Waals surface area contributed by atoms with Gasteiger partial charge in [-0.1, -0.05) is 87.5 Å². The Morgan fingerprint density at radius 1 is 1.05 bits per heavy atom. The van der Waals surface area contributed by atoms with Gasteiger partial charge in [0.25, 0.3) is 8.32 Å². The minimum atomic E-state index is -2.72. The molecule has 1 saturated heterocycles. The maximum absolute atomic E-state index is 12.7. The fourth-order valence-electron chi connectivity index (χ4n) is 4.95. The molecule has 0 unspecified atom stereocenters. The Hall–Kier alpha value is -2.71. The second kappa shape index (κ2) is 13.7. The molecule has 7 heteroatoms. The average Bonchev–Trinajstić information content (AvgIpc) is 2.90. The van der Waals surface area contributed by atoms with Gasteiger partial charge in [0.05, 0.1) is 31.7 Å². The van der Waals surface area contributed by atoms with Crippen LogP contribution in [0.3, 0.4) is 0 Å². The first-order chi connectivity index (χ1) is 17.8. The van der Waals surface area contributed by atoms with E-state index >= 15 is 0 Å². The van der Waals surface area contributed by atoms with Crippen molar-refractivity contribution in [2.24, 2.45) is 11.8 Å². The summed E-state index contributed by atoms with van der Waals surface area (Å²) in [7, 11) is -1.11. The molecule has 0 bridgehead atoms. The van der Waals surface area contributed by atoms with E-state index in [1.165, 1.54) is 16.6 Å². The Morgan fingerprint density at radius 2 is 1.68 bits per heavy atom. The molecule has 2 aromatic carbocycles. The lowest BCUT2D eigenvalue weighted by atomic mass is 9.83.